The molecule has 1 amide bonds. The standard InChI is InChI=1S/C17H18BrClN4O/c1-11-4-6-23(7-5-11)16-9-15(20-10-21-16)22-17(24)13-8-12(18)2-3-14(13)19/h2-3,8-11H,4-7H2,1H3,(H,20,21,22,24). The van der Waals surface area contributed by atoms with Crippen molar-refractivity contribution in [2.24, 2.45) is 5.92 Å². The number of halogens is 2. The highest BCUT2D eigenvalue weighted by Gasteiger charge is 2.18. The zero-order valence-electron chi connectivity index (χ0n) is 13.3. The van der Waals surface area contributed by atoms with E-state index in [1.165, 1.54) is 6.33 Å². The molecule has 1 aromatic heterocycles. The van der Waals surface area contributed by atoms with Crippen molar-refractivity contribution in [3.8, 4) is 0 Å². The number of nitrogens with zero attached hydrogens (tertiary/aromatic N) is 3. The Morgan fingerprint density at radius 1 is 1.29 bits per heavy atom. The molecule has 2 heterocycles. The van der Waals surface area contributed by atoms with Crippen molar-refractivity contribution in [3.63, 3.8) is 0 Å². The van der Waals surface area contributed by atoms with Crippen LogP contribution in [0.4, 0.5) is 11.6 Å². The highest BCUT2D eigenvalue weighted by molar-refractivity contribution is 9.10. The van der Waals surface area contributed by atoms with Gasteiger partial charge in [0.15, 0.2) is 0 Å². The van der Waals surface area contributed by atoms with Gasteiger partial charge in [-0.25, -0.2) is 9.97 Å². The van der Waals surface area contributed by atoms with Gasteiger partial charge in [0.2, 0.25) is 0 Å². The van der Waals surface area contributed by atoms with E-state index < -0.39 is 0 Å². The van der Waals surface area contributed by atoms with E-state index in [0.29, 0.717) is 16.4 Å². The Bertz CT molecular complexity index is 747. The van der Waals surface area contributed by atoms with Crippen molar-refractivity contribution in [2.45, 2.75) is 19.8 Å². The predicted molar refractivity (Wildman–Crippen MR) is 99.7 cm³/mol. The molecule has 7 heteroatoms. The third-order valence-electron chi connectivity index (χ3n) is 4.17. The minimum absolute atomic E-state index is 0.293. The lowest BCUT2D eigenvalue weighted by atomic mass is 9.99. The molecule has 1 fully saturated rings. The maximum atomic E-state index is 12.4. The van der Waals surface area contributed by atoms with Crippen LogP contribution >= 0.6 is 27.5 Å². The second kappa shape index (κ2) is 7.49. The highest BCUT2D eigenvalue weighted by atomic mass is 79.9. The van der Waals surface area contributed by atoms with Crippen molar-refractivity contribution >= 4 is 45.1 Å². The Kier molecular flexibility index (Phi) is 5.36. The highest BCUT2D eigenvalue weighted by Crippen LogP contribution is 2.24. The summed E-state index contributed by atoms with van der Waals surface area (Å²) in [7, 11) is 0. The molecule has 0 aliphatic carbocycles. The zero-order valence-corrected chi connectivity index (χ0v) is 15.6. The molecule has 1 N–H and O–H groups in total. The van der Waals surface area contributed by atoms with Gasteiger partial charge in [-0.3, -0.25) is 4.79 Å². The molecular formula is C17H18BrClN4O. The van der Waals surface area contributed by atoms with Crippen LogP contribution in [-0.4, -0.2) is 29.0 Å². The van der Waals surface area contributed by atoms with E-state index in [-0.39, 0.29) is 5.91 Å². The first-order chi connectivity index (χ1) is 11.5. The number of benzene rings is 1. The molecule has 1 aromatic carbocycles. The Labute approximate surface area is 154 Å². The third-order valence-corrected chi connectivity index (χ3v) is 5.00. The van der Waals surface area contributed by atoms with E-state index in [1.54, 1.807) is 24.3 Å². The van der Waals surface area contributed by atoms with E-state index in [1.807, 2.05) is 0 Å². The monoisotopic (exact) mass is 408 g/mol. The number of hydrogen-bond donors (Lipinski definition) is 1. The van der Waals surface area contributed by atoms with Crippen LogP contribution in [0.5, 0.6) is 0 Å². The number of nitrogens with one attached hydrogen (secondary N) is 1. The molecule has 1 saturated heterocycles. The molecule has 0 atom stereocenters. The van der Waals surface area contributed by atoms with E-state index >= 15 is 0 Å². The molecule has 5 nitrogen and oxygen atoms in total. The van der Waals surface area contributed by atoms with Gasteiger partial charge >= 0.3 is 0 Å². The van der Waals surface area contributed by atoms with Crippen LogP contribution in [0.25, 0.3) is 0 Å². The number of carbonyl (C=O) groups excluding carboxylic acids is 1. The fourth-order valence-electron chi connectivity index (χ4n) is 2.68. The summed E-state index contributed by atoms with van der Waals surface area (Å²) in [5, 5.41) is 3.19. The maximum absolute atomic E-state index is 12.4. The zero-order chi connectivity index (χ0) is 17.1. The maximum Gasteiger partial charge on any atom is 0.258 e. The number of carbonyl (C=O) groups is 1. The van der Waals surface area contributed by atoms with Crippen LogP contribution in [0, 0.1) is 5.92 Å². The molecule has 126 valence electrons. The summed E-state index contributed by atoms with van der Waals surface area (Å²) in [5.74, 6) is 1.77. The average Bonchev–Trinajstić information content (AvgIpc) is 2.58. The molecule has 0 spiro atoms. The van der Waals surface area contributed by atoms with Crippen molar-refractivity contribution in [1.82, 2.24) is 9.97 Å². The Balaban J connectivity index is 1.75. The minimum atomic E-state index is -0.293. The number of hydrogen-bond acceptors (Lipinski definition) is 4. The van der Waals surface area contributed by atoms with Crippen molar-refractivity contribution in [2.75, 3.05) is 23.3 Å². The average molecular weight is 410 g/mol. The van der Waals surface area contributed by atoms with Gasteiger partial charge in [0.25, 0.3) is 5.91 Å². The van der Waals surface area contributed by atoms with Gasteiger partial charge in [-0.15, -0.1) is 0 Å². The summed E-state index contributed by atoms with van der Waals surface area (Å²) in [6.45, 7) is 4.22. The van der Waals surface area contributed by atoms with Gasteiger partial charge in [-0.1, -0.05) is 34.5 Å². The molecular weight excluding hydrogens is 392 g/mol. The number of piperidine rings is 1. The third kappa shape index (κ3) is 4.05. The topological polar surface area (TPSA) is 58.1 Å². The van der Waals surface area contributed by atoms with Crippen LogP contribution in [0.1, 0.15) is 30.1 Å². The summed E-state index contributed by atoms with van der Waals surface area (Å²) < 4.78 is 0.794. The number of amides is 1. The van der Waals surface area contributed by atoms with Gasteiger partial charge in [-0.05, 0) is 37.0 Å². The second-order valence-electron chi connectivity index (χ2n) is 6.01. The van der Waals surface area contributed by atoms with E-state index in [0.717, 1.165) is 42.1 Å². The first-order valence-corrected chi connectivity index (χ1v) is 9.03. The number of anilines is 2. The Morgan fingerprint density at radius 2 is 2.04 bits per heavy atom. The lowest BCUT2D eigenvalue weighted by Crippen LogP contribution is -2.33. The van der Waals surface area contributed by atoms with E-state index in [9.17, 15) is 4.79 Å². The Morgan fingerprint density at radius 3 is 2.79 bits per heavy atom. The molecule has 0 saturated carbocycles. The summed E-state index contributed by atoms with van der Waals surface area (Å²) in [5.41, 5.74) is 0.401. The fraction of sp³-hybridized carbons (Fsp3) is 0.353. The number of aromatic nitrogens is 2. The Hall–Kier alpha value is -1.66. The van der Waals surface area contributed by atoms with Gasteiger partial charge in [0.05, 0.1) is 10.6 Å². The van der Waals surface area contributed by atoms with Gasteiger partial charge < -0.3 is 10.2 Å². The molecule has 1 aliphatic rings. The molecule has 0 radical (unpaired) electrons. The lowest BCUT2D eigenvalue weighted by molar-refractivity contribution is 0.102. The first-order valence-electron chi connectivity index (χ1n) is 7.86. The number of rotatable bonds is 3. The van der Waals surface area contributed by atoms with Crippen LogP contribution in [0.15, 0.2) is 35.1 Å². The predicted octanol–water partition coefficient (Wildman–Crippen LogP) is 4.38. The van der Waals surface area contributed by atoms with Crippen molar-refractivity contribution in [1.29, 1.82) is 0 Å². The minimum Gasteiger partial charge on any atom is -0.356 e. The molecule has 0 unspecified atom stereocenters. The SMILES string of the molecule is CC1CCN(c2cc(NC(=O)c3cc(Br)ccc3Cl)ncn2)CC1. The molecule has 24 heavy (non-hydrogen) atoms. The second-order valence-corrected chi connectivity index (χ2v) is 7.33. The van der Waals surface area contributed by atoms with Crippen molar-refractivity contribution in [3.05, 3.63) is 45.7 Å². The van der Waals surface area contributed by atoms with E-state index in [4.69, 9.17) is 11.6 Å². The summed E-state index contributed by atoms with van der Waals surface area (Å²) in [6.07, 6.45) is 3.78. The first kappa shape index (κ1) is 17.2. The van der Waals surface area contributed by atoms with Crippen LogP contribution < -0.4 is 10.2 Å². The molecule has 0 bridgehead atoms. The van der Waals surface area contributed by atoms with E-state index in [2.05, 4.69) is 43.0 Å². The lowest BCUT2D eigenvalue weighted by Gasteiger charge is -2.31. The quantitative estimate of drug-likeness (QED) is 0.817. The normalized spacial score (nSPS) is 15.4. The summed E-state index contributed by atoms with van der Waals surface area (Å²) in [4.78, 5) is 23.1. The molecule has 3 rings (SSSR count). The van der Waals surface area contributed by atoms with Crippen LogP contribution in [0.2, 0.25) is 5.02 Å². The summed E-state index contributed by atoms with van der Waals surface area (Å²) in [6, 6.07) is 6.96. The molecule has 1 aliphatic heterocycles. The smallest absolute Gasteiger partial charge is 0.258 e. The fourth-order valence-corrected chi connectivity index (χ4v) is 3.25. The van der Waals surface area contributed by atoms with Gasteiger partial charge in [-0.2, -0.15) is 0 Å². The van der Waals surface area contributed by atoms with Gasteiger partial charge in [0, 0.05) is 23.6 Å². The molecule has 2 aromatic rings. The summed E-state index contributed by atoms with van der Waals surface area (Å²) >= 11 is 9.45. The largest absolute Gasteiger partial charge is 0.356 e. The van der Waals surface area contributed by atoms with Crippen molar-refractivity contribution < 1.29 is 4.79 Å². The van der Waals surface area contributed by atoms with Crippen LogP contribution in [0.3, 0.4) is 0 Å². The van der Waals surface area contributed by atoms with Crippen LogP contribution in [-0.2, 0) is 0 Å². The van der Waals surface area contributed by atoms with Gasteiger partial charge in [0.1, 0.15) is 18.0 Å².